The molecule has 0 spiro atoms. The summed E-state index contributed by atoms with van der Waals surface area (Å²) in [6, 6.07) is 7.32. The molecule has 2 N–H and O–H groups in total. The number of rotatable bonds is 9. The van der Waals surface area contributed by atoms with Gasteiger partial charge in [-0.2, -0.15) is 4.31 Å². The summed E-state index contributed by atoms with van der Waals surface area (Å²) in [5.41, 5.74) is 2.07. The van der Waals surface area contributed by atoms with Crippen molar-refractivity contribution in [2.24, 2.45) is 0 Å². The second kappa shape index (κ2) is 10.0. The molecular formula is C22H27NO7S2. The van der Waals surface area contributed by atoms with Crippen LogP contribution in [0.15, 0.2) is 24.3 Å². The third kappa shape index (κ3) is 5.67. The molecule has 0 unspecified atom stereocenters. The lowest BCUT2D eigenvalue weighted by atomic mass is 9.95. The number of hydrogen-bond acceptors (Lipinski definition) is 6. The van der Waals surface area contributed by atoms with Crippen LogP contribution in [-0.4, -0.2) is 53.8 Å². The monoisotopic (exact) mass is 481 g/mol. The van der Waals surface area contributed by atoms with Gasteiger partial charge in [-0.3, -0.25) is 0 Å². The minimum atomic E-state index is -3.40. The Bertz CT molecular complexity index is 1100. The predicted octanol–water partition coefficient (Wildman–Crippen LogP) is 3.98. The smallest absolute Gasteiger partial charge is 0.349 e. The fourth-order valence-corrected chi connectivity index (χ4v) is 6.32. The number of carboxylic acids is 2. The van der Waals surface area contributed by atoms with E-state index >= 15 is 0 Å². The van der Waals surface area contributed by atoms with E-state index in [4.69, 9.17) is 9.84 Å². The van der Waals surface area contributed by atoms with Gasteiger partial charge in [0, 0.05) is 23.0 Å². The van der Waals surface area contributed by atoms with Crippen LogP contribution in [0.5, 0.6) is 5.75 Å². The van der Waals surface area contributed by atoms with Crippen LogP contribution in [0.25, 0.3) is 10.4 Å². The number of benzene rings is 1. The number of thiophene rings is 1. The van der Waals surface area contributed by atoms with Crippen LogP contribution in [0.1, 0.15) is 52.9 Å². The topological polar surface area (TPSA) is 121 Å². The molecular weight excluding hydrogens is 454 g/mol. The number of nitrogens with zero attached hydrogens (tertiary/aromatic N) is 1. The number of ether oxygens (including phenoxy) is 1. The van der Waals surface area contributed by atoms with Crippen LogP contribution < -0.4 is 4.74 Å². The number of aliphatic carboxylic acids is 1. The van der Waals surface area contributed by atoms with Gasteiger partial charge in [0.15, 0.2) is 11.5 Å². The van der Waals surface area contributed by atoms with Gasteiger partial charge in [0.05, 0.1) is 6.26 Å². The van der Waals surface area contributed by atoms with E-state index in [2.05, 4.69) is 0 Å². The number of carbonyl (C=O) groups is 2. The number of aromatic carboxylic acids is 1. The van der Waals surface area contributed by atoms with Gasteiger partial charge in [-0.05, 0) is 37.0 Å². The Kier molecular flexibility index (Phi) is 7.58. The summed E-state index contributed by atoms with van der Waals surface area (Å²) in [6.07, 6.45) is 6.09. The van der Waals surface area contributed by atoms with E-state index in [9.17, 15) is 23.1 Å². The van der Waals surface area contributed by atoms with E-state index < -0.39 is 28.6 Å². The molecule has 1 aliphatic rings. The molecule has 0 amide bonds. The Labute approximate surface area is 191 Å². The normalized spacial score (nSPS) is 15.1. The Morgan fingerprint density at radius 3 is 2.47 bits per heavy atom. The minimum absolute atomic E-state index is 0.0134. The molecule has 32 heavy (non-hydrogen) atoms. The maximum Gasteiger partial charge on any atom is 0.349 e. The standard InChI is InChI=1S/C22H27NO7S2/c1-14-19(30-13-18(24)25)21(22(26)27)31-20(14)16-8-6-7-15(11-16)12-23(32(2,28)29)17-9-4-3-5-10-17/h6-8,11,17H,3-5,9-10,12-13H2,1-2H3,(H,24,25)(H,26,27). The first-order valence-corrected chi connectivity index (χ1v) is 13.0. The van der Waals surface area contributed by atoms with Crippen molar-refractivity contribution in [3.8, 4) is 16.2 Å². The molecule has 0 bridgehead atoms. The van der Waals surface area contributed by atoms with E-state index in [1.165, 1.54) is 6.26 Å². The van der Waals surface area contributed by atoms with Gasteiger partial charge in [-0.15, -0.1) is 11.3 Å². The lowest BCUT2D eigenvalue weighted by molar-refractivity contribution is -0.139. The first-order valence-electron chi connectivity index (χ1n) is 10.4. The van der Waals surface area contributed by atoms with Crippen LogP contribution in [-0.2, 0) is 21.4 Å². The molecule has 1 aromatic carbocycles. The fourth-order valence-electron chi connectivity index (χ4n) is 4.10. The maximum absolute atomic E-state index is 12.5. The molecule has 174 valence electrons. The van der Waals surface area contributed by atoms with Crippen molar-refractivity contribution < 1.29 is 33.0 Å². The van der Waals surface area contributed by atoms with Gasteiger partial charge in [-0.25, -0.2) is 18.0 Å². The van der Waals surface area contributed by atoms with E-state index in [0.717, 1.165) is 54.6 Å². The van der Waals surface area contributed by atoms with E-state index in [-0.39, 0.29) is 23.2 Å². The summed E-state index contributed by atoms with van der Waals surface area (Å²) in [5.74, 6) is -2.34. The summed E-state index contributed by atoms with van der Waals surface area (Å²) in [4.78, 5) is 23.1. The molecule has 0 aliphatic heterocycles. The quantitative estimate of drug-likeness (QED) is 0.556. The van der Waals surface area contributed by atoms with E-state index in [0.29, 0.717) is 10.4 Å². The highest BCUT2D eigenvalue weighted by Gasteiger charge is 2.28. The predicted molar refractivity (Wildman–Crippen MR) is 122 cm³/mol. The zero-order valence-electron chi connectivity index (χ0n) is 18.0. The third-order valence-electron chi connectivity index (χ3n) is 5.56. The number of carboxylic acid groups (broad SMARTS) is 2. The molecule has 8 nitrogen and oxygen atoms in total. The third-order valence-corrected chi connectivity index (χ3v) is 8.15. The molecule has 0 atom stereocenters. The number of hydrogen-bond donors (Lipinski definition) is 2. The first-order chi connectivity index (χ1) is 15.1. The van der Waals surface area contributed by atoms with Gasteiger partial charge < -0.3 is 14.9 Å². The lowest BCUT2D eigenvalue weighted by Crippen LogP contribution is -2.40. The van der Waals surface area contributed by atoms with Crippen molar-refractivity contribution in [2.45, 2.75) is 51.6 Å². The molecule has 1 heterocycles. The second-order valence-electron chi connectivity index (χ2n) is 8.00. The molecule has 2 aromatic rings. The van der Waals surface area contributed by atoms with Crippen molar-refractivity contribution in [3.05, 3.63) is 40.3 Å². The second-order valence-corrected chi connectivity index (χ2v) is 11.0. The average Bonchev–Trinajstić information content (AvgIpc) is 3.07. The average molecular weight is 482 g/mol. The summed E-state index contributed by atoms with van der Waals surface area (Å²) < 4.78 is 31.8. The number of sulfonamides is 1. The van der Waals surface area contributed by atoms with Gasteiger partial charge in [0.25, 0.3) is 0 Å². The van der Waals surface area contributed by atoms with Gasteiger partial charge in [0.1, 0.15) is 5.75 Å². The van der Waals surface area contributed by atoms with Crippen molar-refractivity contribution in [1.82, 2.24) is 4.31 Å². The van der Waals surface area contributed by atoms with E-state index in [1.807, 2.05) is 24.3 Å². The van der Waals surface area contributed by atoms with Crippen molar-refractivity contribution >= 4 is 33.3 Å². The van der Waals surface area contributed by atoms with Crippen molar-refractivity contribution in [3.63, 3.8) is 0 Å². The maximum atomic E-state index is 12.5. The molecule has 1 saturated carbocycles. The highest BCUT2D eigenvalue weighted by molar-refractivity contribution is 7.88. The summed E-state index contributed by atoms with van der Waals surface area (Å²) >= 11 is 1.01. The zero-order valence-corrected chi connectivity index (χ0v) is 19.7. The van der Waals surface area contributed by atoms with Crippen LogP contribution in [0, 0.1) is 6.92 Å². The molecule has 10 heteroatoms. The van der Waals surface area contributed by atoms with Crippen LogP contribution >= 0.6 is 11.3 Å². The van der Waals surface area contributed by atoms with Crippen molar-refractivity contribution in [2.75, 3.05) is 12.9 Å². The van der Waals surface area contributed by atoms with Gasteiger partial charge >= 0.3 is 11.9 Å². The zero-order chi connectivity index (χ0) is 23.5. The Hall–Kier alpha value is -2.43. The van der Waals surface area contributed by atoms with Gasteiger partial charge in [-0.1, -0.05) is 37.5 Å². The molecule has 3 rings (SSSR count). The van der Waals surface area contributed by atoms with Crippen LogP contribution in [0.4, 0.5) is 0 Å². The Balaban J connectivity index is 1.94. The van der Waals surface area contributed by atoms with Crippen molar-refractivity contribution in [1.29, 1.82) is 0 Å². The summed E-state index contributed by atoms with van der Waals surface area (Å²) in [6.45, 7) is 1.30. The highest BCUT2D eigenvalue weighted by Crippen LogP contribution is 2.41. The SMILES string of the molecule is Cc1c(-c2cccc(CN(C3CCCCC3)S(C)(=O)=O)c2)sc(C(=O)O)c1OCC(=O)O. The lowest BCUT2D eigenvalue weighted by Gasteiger charge is -2.32. The largest absolute Gasteiger partial charge is 0.480 e. The summed E-state index contributed by atoms with van der Waals surface area (Å²) in [7, 11) is -3.40. The molecule has 1 fully saturated rings. The fraction of sp³-hybridized carbons (Fsp3) is 0.455. The molecule has 1 aliphatic carbocycles. The molecule has 0 radical (unpaired) electrons. The Morgan fingerprint density at radius 1 is 1.19 bits per heavy atom. The highest BCUT2D eigenvalue weighted by atomic mass is 32.2. The van der Waals surface area contributed by atoms with Gasteiger partial charge in [0.2, 0.25) is 10.0 Å². The Morgan fingerprint density at radius 2 is 1.88 bits per heavy atom. The van der Waals surface area contributed by atoms with Crippen LogP contribution in [0.3, 0.4) is 0 Å². The minimum Gasteiger partial charge on any atom is -0.480 e. The van der Waals surface area contributed by atoms with E-state index in [1.54, 1.807) is 11.2 Å². The molecule has 1 aromatic heterocycles. The summed E-state index contributed by atoms with van der Waals surface area (Å²) in [5, 5.41) is 18.4. The van der Waals surface area contributed by atoms with Crippen LogP contribution in [0.2, 0.25) is 0 Å². The molecule has 0 saturated heterocycles. The first kappa shape index (κ1) is 24.2.